The summed E-state index contributed by atoms with van der Waals surface area (Å²) in [5.74, 6) is 0.952. The van der Waals surface area contributed by atoms with Crippen LogP contribution < -0.4 is 10.2 Å². The van der Waals surface area contributed by atoms with Gasteiger partial charge in [-0.25, -0.2) is 0 Å². The van der Waals surface area contributed by atoms with Crippen molar-refractivity contribution in [2.24, 2.45) is 0 Å². The molecule has 0 saturated carbocycles. The third-order valence-electron chi connectivity index (χ3n) is 2.76. The highest BCUT2D eigenvalue weighted by Crippen LogP contribution is 2.12. The Hall–Kier alpha value is -1.90. The molecule has 18 heavy (non-hydrogen) atoms. The van der Waals surface area contributed by atoms with Crippen LogP contribution >= 0.6 is 0 Å². The van der Waals surface area contributed by atoms with Gasteiger partial charge in [0.15, 0.2) is 0 Å². The second kappa shape index (κ2) is 6.74. The van der Waals surface area contributed by atoms with Crippen molar-refractivity contribution >= 4 is 0 Å². The lowest BCUT2D eigenvalue weighted by atomic mass is 10.2. The molecule has 1 aromatic carbocycles. The normalized spacial score (nSPS) is 10.3. The SMILES string of the molecule is CCCCOc1ccc(CNn2cccc2)cc1. The molecule has 0 fully saturated rings. The molecular formula is C15H20N2O. The van der Waals surface area contributed by atoms with E-state index in [1.165, 1.54) is 12.0 Å². The predicted molar refractivity (Wildman–Crippen MR) is 74.3 cm³/mol. The molecule has 0 atom stereocenters. The minimum atomic E-state index is 0.803. The van der Waals surface area contributed by atoms with Gasteiger partial charge >= 0.3 is 0 Å². The summed E-state index contributed by atoms with van der Waals surface area (Å²) in [4.78, 5) is 0. The number of nitrogens with one attached hydrogen (secondary N) is 1. The first kappa shape index (κ1) is 12.6. The van der Waals surface area contributed by atoms with Gasteiger partial charge in [0.05, 0.1) is 13.2 Å². The molecule has 0 amide bonds. The fourth-order valence-electron chi connectivity index (χ4n) is 1.66. The van der Waals surface area contributed by atoms with E-state index < -0.39 is 0 Å². The molecule has 0 spiro atoms. The van der Waals surface area contributed by atoms with E-state index >= 15 is 0 Å². The molecule has 0 saturated heterocycles. The summed E-state index contributed by atoms with van der Waals surface area (Å²) >= 11 is 0. The van der Waals surface area contributed by atoms with Gasteiger partial charge in [0.2, 0.25) is 0 Å². The van der Waals surface area contributed by atoms with Crippen molar-refractivity contribution in [2.75, 3.05) is 12.0 Å². The molecular weight excluding hydrogens is 224 g/mol. The molecule has 0 radical (unpaired) electrons. The van der Waals surface area contributed by atoms with E-state index in [4.69, 9.17) is 4.74 Å². The quantitative estimate of drug-likeness (QED) is 0.755. The molecule has 0 aliphatic rings. The van der Waals surface area contributed by atoms with Crippen molar-refractivity contribution in [1.82, 2.24) is 4.68 Å². The van der Waals surface area contributed by atoms with Gasteiger partial charge in [0, 0.05) is 12.4 Å². The van der Waals surface area contributed by atoms with Crippen LogP contribution in [0.1, 0.15) is 25.3 Å². The van der Waals surface area contributed by atoms with Gasteiger partial charge in [0.25, 0.3) is 0 Å². The Kier molecular flexibility index (Phi) is 4.70. The fraction of sp³-hybridized carbons (Fsp3) is 0.333. The summed E-state index contributed by atoms with van der Waals surface area (Å²) in [6, 6.07) is 12.2. The van der Waals surface area contributed by atoms with Crippen LogP contribution in [0.15, 0.2) is 48.8 Å². The van der Waals surface area contributed by atoms with Crippen LogP contribution in [-0.4, -0.2) is 11.3 Å². The molecule has 3 nitrogen and oxygen atoms in total. The van der Waals surface area contributed by atoms with Crippen LogP contribution in [0.3, 0.4) is 0 Å². The second-order valence-corrected chi connectivity index (χ2v) is 4.27. The zero-order valence-electron chi connectivity index (χ0n) is 10.8. The van der Waals surface area contributed by atoms with Crippen molar-refractivity contribution in [2.45, 2.75) is 26.3 Å². The Morgan fingerprint density at radius 2 is 1.83 bits per heavy atom. The number of aromatic nitrogens is 1. The summed E-state index contributed by atoms with van der Waals surface area (Å²) in [6.07, 6.45) is 6.25. The summed E-state index contributed by atoms with van der Waals surface area (Å²) < 4.78 is 7.58. The van der Waals surface area contributed by atoms with Crippen LogP contribution in [0.4, 0.5) is 0 Å². The molecule has 1 aromatic heterocycles. The summed E-state index contributed by atoms with van der Waals surface area (Å²) in [5.41, 5.74) is 4.53. The first-order valence-corrected chi connectivity index (χ1v) is 6.47. The highest BCUT2D eigenvalue weighted by molar-refractivity contribution is 5.27. The number of rotatable bonds is 7. The number of nitrogens with zero attached hydrogens (tertiary/aromatic N) is 1. The maximum Gasteiger partial charge on any atom is 0.119 e. The van der Waals surface area contributed by atoms with E-state index in [0.717, 1.165) is 25.3 Å². The summed E-state index contributed by atoms with van der Waals surface area (Å²) in [6.45, 7) is 3.78. The fourth-order valence-corrected chi connectivity index (χ4v) is 1.66. The molecule has 96 valence electrons. The van der Waals surface area contributed by atoms with Crippen LogP contribution in [0, 0.1) is 0 Å². The van der Waals surface area contributed by atoms with Crippen molar-refractivity contribution in [3.63, 3.8) is 0 Å². The van der Waals surface area contributed by atoms with Gasteiger partial charge in [-0.2, -0.15) is 0 Å². The average Bonchev–Trinajstić information content (AvgIpc) is 2.91. The largest absolute Gasteiger partial charge is 0.494 e. The van der Waals surface area contributed by atoms with E-state index in [2.05, 4.69) is 24.5 Å². The summed E-state index contributed by atoms with van der Waals surface area (Å²) in [5, 5.41) is 0. The smallest absolute Gasteiger partial charge is 0.119 e. The van der Waals surface area contributed by atoms with Gasteiger partial charge in [0.1, 0.15) is 5.75 Å². The van der Waals surface area contributed by atoms with E-state index in [-0.39, 0.29) is 0 Å². The zero-order chi connectivity index (χ0) is 12.6. The lowest BCUT2D eigenvalue weighted by Gasteiger charge is -2.09. The first-order valence-electron chi connectivity index (χ1n) is 6.47. The van der Waals surface area contributed by atoms with E-state index in [1.807, 2.05) is 41.3 Å². The third kappa shape index (κ3) is 3.84. The van der Waals surface area contributed by atoms with Crippen molar-refractivity contribution in [3.05, 3.63) is 54.4 Å². The number of ether oxygens (including phenoxy) is 1. The standard InChI is InChI=1S/C15H20N2O/c1-2-3-12-18-15-8-6-14(7-9-15)13-16-17-10-4-5-11-17/h4-11,16H,2-3,12-13H2,1H3. The van der Waals surface area contributed by atoms with Crippen LogP contribution in [0.2, 0.25) is 0 Å². The van der Waals surface area contributed by atoms with Gasteiger partial charge in [-0.1, -0.05) is 25.5 Å². The molecule has 0 aliphatic carbocycles. The highest BCUT2D eigenvalue weighted by atomic mass is 16.5. The van der Waals surface area contributed by atoms with Gasteiger partial charge < -0.3 is 10.2 Å². The minimum absolute atomic E-state index is 0.803. The Balaban J connectivity index is 1.80. The van der Waals surface area contributed by atoms with Gasteiger partial charge in [-0.05, 0) is 36.2 Å². The third-order valence-corrected chi connectivity index (χ3v) is 2.76. The van der Waals surface area contributed by atoms with Crippen molar-refractivity contribution < 1.29 is 4.74 Å². The Bertz CT molecular complexity index is 434. The highest BCUT2D eigenvalue weighted by Gasteiger charge is 1.95. The number of hydrogen-bond donors (Lipinski definition) is 1. The first-order chi connectivity index (χ1) is 8.88. The Morgan fingerprint density at radius 3 is 2.50 bits per heavy atom. The number of unbranched alkanes of at least 4 members (excludes halogenated alkanes) is 1. The number of hydrogen-bond acceptors (Lipinski definition) is 2. The van der Waals surface area contributed by atoms with Crippen molar-refractivity contribution in [1.29, 1.82) is 0 Å². The summed E-state index contributed by atoms with van der Waals surface area (Å²) in [7, 11) is 0. The lowest BCUT2D eigenvalue weighted by Crippen LogP contribution is -2.11. The molecule has 0 bridgehead atoms. The monoisotopic (exact) mass is 244 g/mol. The lowest BCUT2D eigenvalue weighted by molar-refractivity contribution is 0.309. The predicted octanol–water partition coefficient (Wildman–Crippen LogP) is 3.41. The maximum atomic E-state index is 5.63. The van der Waals surface area contributed by atoms with Crippen LogP contribution in [-0.2, 0) is 6.54 Å². The van der Waals surface area contributed by atoms with Gasteiger partial charge in [-0.15, -0.1) is 0 Å². The minimum Gasteiger partial charge on any atom is -0.494 e. The molecule has 1 N–H and O–H groups in total. The molecule has 2 aromatic rings. The van der Waals surface area contributed by atoms with Crippen LogP contribution in [0.5, 0.6) is 5.75 Å². The maximum absolute atomic E-state index is 5.63. The number of benzene rings is 1. The van der Waals surface area contributed by atoms with E-state index in [1.54, 1.807) is 0 Å². The molecule has 0 aliphatic heterocycles. The average molecular weight is 244 g/mol. The Labute approximate surface area is 108 Å². The van der Waals surface area contributed by atoms with Crippen molar-refractivity contribution in [3.8, 4) is 5.75 Å². The topological polar surface area (TPSA) is 26.2 Å². The van der Waals surface area contributed by atoms with E-state index in [9.17, 15) is 0 Å². The van der Waals surface area contributed by atoms with Gasteiger partial charge in [-0.3, -0.25) is 4.68 Å². The van der Waals surface area contributed by atoms with Crippen LogP contribution in [0.25, 0.3) is 0 Å². The molecule has 0 unspecified atom stereocenters. The van der Waals surface area contributed by atoms with E-state index in [0.29, 0.717) is 0 Å². The molecule has 1 heterocycles. The Morgan fingerprint density at radius 1 is 1.11 bits per heavy atom. The second-order valence-electron chi connectivity index (χ2n) is 4.27. The molecule has 3 heteroatoms. The zero-order valence-corrected chi connectivity index (χ0v) is 10.8. The molecule has 2 rings (SSSR count).